The van der Waals surface area contributed by atoms with E-state index in [1.165, 1.54) is 11.8 Å². The maximum Gasteiger partial charge on any atom is 0.338 e. The van der Waals surface area contributed by atoms with Crippen LogP contribution >= 0.6 is 11.8 Å². The second kappa shape index (κ2) is 13.0. The van der Waals surface area contributed by atoms with Gasteiger partial charge in [-0.3, -0.25) is 9.59 Å². The standard InChI is InChI=1S/C27H33N5O4S/c1-6-32-24(23(17(3)4)29-25(34)19-11-8-10-18(5)14-19)30-31-27(32)37-16-22(33)28-21-13-9-12-20(15-21)26(35)36-7-2/h8-15,17,23H,6-7,16H2,1-5H3,(H,28,33)(H,29,34)/t23-/m1/s1. The third-order valence-electron chi connectivity index (χ3n) is 5.56. The molecule has 0 saturated heterocycles. The van der Waals surface area contributed by atoms with Crippen LogP contribution < -0.4 is 10.6 Å². The summed E-state index contributed by atoms with van der Waals surface area (Å²) in [6.45, 7) is 10.5. The van der Waals surface area contributed by atoms with Crippen molar-refractivity contribution < 1.29 is 19.1 Å². The number of anilines is 1. The number of ether oxygens (including phenoxy) is 1. The van der Waals surface area contributed by atoms with E-state index in [9.17, 15) is 14.4 Å². The first kappa shape index (κ1) is 27.9. The molecular weight excluding hydrogens is 490 g/mol. The second-order valence-electron chi connectivity index (χ2n) is 8.79. The summed E-state index contributed by atoms with van der Waals surface area (Å²) in [4.78, 5) is 37.5. The molecule has 196 valence electrons. The zero-order chi connectivity index (χ0) is 26.9. The molecule has 2 N–H and O–H groups in total. The Morgan fingerprint density at radius 1 is 1.03 bits per heavy atom. The lowest BCUT2D eigenvalue weighted by atomic mass is 10.0. The Morgan fingerprint density at radius 3 is 2.43 bits per heavy atom. The minimum Gasteiger partial charge on any atom is -0.462 e. The topological polar surface area (TPSA) is 115 Å². The van der Waals surface area contributed by atoms with Crippen LogP contribution in [0.15, 0.2) is 53.7 Å². The molecule has 3 aromatic rings. The van der Waals surface area contributed by atoms with E-state index >= 15 is 0 Å². The first-order valence-electron chi connectivity index (χ1n) is 12.2. The van der Waals surface area contributed by atoms with E-state index in [4.69, 9.17) is 4.74 Å². The fraction of sp³-hybridized carbons (Fsp3) is 0.370. The number of aromatic nitrogens is 3. The van der Waals surface area contributed by atoms with Gasteiger partial charge in [0.05, 0.1) is 24.0 Å². The molecule has 0 aliphatic rings. The zero-order valence-electron chi connectivity index (χ0n) is 21.8. The summed E-state index contributed by atoms with van der Waals surface area (Å²) in [5.41, 5.74) is 2.48. The molecule has 0 bridgehead atoms. The maximum absolute atomic E-state index is 12.9. The molecule has 0 spiro atoms. The van der Waals surface area contributed by atoms with Gasteiger partial charge in [0.25, 0.3) is 5.91 Å². The van der Waals surface area contributed by atoms with E-state index in [-0.39, 0.29) is 36.1 Å². The minimum absolute atomic E-state index is 0.0658. The Labute approximate surface area is 221 Å². The minimum atomic E-state index is -0.439. The van der Waals surface area contributed by atoms with Crippen molar-refractivity contribution in [2.45, 2.75) is 52.4 Å². The van der Waals surface area contributed by atoms with E-state index < -0.39 is 5.97 Å². The molecule has 2 amide bonds. The normalized spacial score (nSPS) is 11.7. The number of amides is 2. The lowest BCUT2D eigenvalue weighted by Gasteiger charge is -2.22. The summed E-state index contributed by atoms with van der Waals surface area (Å²) in [6, 6.07) is 13.7. The van der Waals surface area contributed by atoms with Gasteiger partial charge in [0.2, 0.25) is 5.91 Å². The molecule has 9 nitrogen and oxygen atoms in total. The number of benzene rings is 2. The summed E-state index contributed by atoms with van der Waals surface area (Å²) >= 11 is 1.26. The lowest BCUT2D eigenvalue weighted by Crippen LogP contribution is -2.33. The maximum atomic E-state index is 12.9. The van der Waals surface area contributed by atoms with Crippen molar-refractivity contribution in [3.05, 3.63) is 71.0 Å². The molecule has 0 radical (unpaired) electrons. The van der Waals surface area contributed by atoms with Gasteiger partial charge in [0.15, 0.2) is 11.0 Å². The van der Waals surface area contributed by atoms with Gasteiger partial charge in [-0.25, -0.2) is 4.79 Å². The monoisotopic (exact) mass is 523 g/mol. The van der Waals surface area contributed by atoms with Crippen molar-refractivity contribution in [3.8, 4) is 0 Å². The van der Waals surface area contributed by atoms with Crippen LogP contribution in [-0.4, -0.2) is 44.9 Å². The van der Waals surface area contributed by atoms with Gasteiger partial charge in [0, 0.05) is 17.8 Å². The number of hydrogen-bond donors (Lipinski definition) is 2. The van der Waals surface area contributed by atoms with Gasteiger partial charge in [-0.2, -0.15) is 0 Å². The Hall–Kier alpha value is -3.66. The molecule has 0 aliphatic carbocycles. The van der Waals surface area contributed by atoms with E-state index in [2.05, 4.69) is 20.8 Å². The number of carbonyl (C=O) groups is 3. The van der Waals surface area contributed by atoms with Gasteiger partial charge in [-0.05, 0) is 57.0 Å². The van der Waals surface area contributed by atoms with Gasteiger partial charge in [-0.1, -0.05) is 49.4 Å². The number of rotatable bonds is 11. The number of esters is 1. The fourth-order valence-corrected chi connectivity index (χ4v) is 4.55. The van der Waals surface area contributed by atoms with Crippen molar-refractivity contribution in [3.63, 3.8) is 0 Å². The van der Waals surface area contributed by atoms with Crippen LogP contribution in [0.1, 0.15) is 65.8 Å². The molecular formula is C27H33N5O4S. The van der Waals surface area contributed by atoms with Crippen molar-refractivity contribution in [2.75, 3.05) is 17.7 Å². The van der Waals surface area contributed by atoms with Gasteiger partial charge < -0.3 is 19.9 Å². The van der Waals surface area contributed by atoms with E-state index in [1.807, 2.05) is 50.5 Å². The van der Waals surface area contributed by atoms with E-state index in [1.54, 1.807) is 37.3 Å². The van der Waals surface area contributed by atoms with Crippen molar-refractivity contribution in [2.24, 2.45) is 5.92 Å². The summed E-state index contributed by atoms with van der Waals surface area (Å²) in [7, 11) is 0. The smallest absolute Gasteiger partial charge is 0.338 e. The Morgan fingerprint density at radius 2 is 1.76 bits per heavy atom. The van der Waals surface area contributed by atoms with Crippen LogP contribution in [0.2, 0.25) is 0 Å². The molecule has 1 heterocycles. The largest absolute Gasteiger partial charge is 0.462 e. The molecule has 10 heteroatoms. The predicted molar refractivity (Wildman–Crippen MR) is 144 cm³/mol. The summed E-state index contributed by atoms with van der Waals surface area (Å²) in [5, 5.41) is 15.2. The Balaban J connectivity index is 1.68. The molecule has 37 heavy (non-hydrogen) atoms. The molecule has 3 rings (SSSR count). The summed E-state index contributed by atoms with van der Waals surface area (Å²) in [6.07, 6.45) is 0. The van der Waals surface area contributed by atoms with Crippen LogP contribution in [0.3, 0.4) is 0 Å². The Kier molecular flexibility index (Phi) is 9.85. The average Bonchev–Trinajstić information content (AvgIpc) is 3.28. The number of nitrogens with zero attached hydrogens (tertiary/aromatic N) is 3. The van der Waals surface area contributed by atoms with E-state index in [0.29, 0.717) is 34.3 Å². The molecule has 0 aliphatic heterocycles. The van der Waals surface area contributed by atoms with Crippen LogP contribution in [-0.2, 0) is 16.1 Å². The SMILES string of the molecule is CCOC(=O)c1cccc(NC(=O)CSc2nnc([C@H](NC(=O)c3cccc(C)c3)C(C)C)n2CC)c1. The van der Waals surface area contributed by atoms with Gasteiger partial charge in [0.1, 0.15) is 0 Å². The molecule has 2 aromatic carbocycles. The molecule has 0 unspecified atom stereocenters. The van der Waals surface area contributed by atoms with Crippen LogP contribution in [0.25, 0.3) is 0 Å². The number of hydrogen-bond acceptors (Lipinski definition) is 7. The Bertz CT molecular complexity index is 1260. The number of nitrogens with one attached hydrogen (secondary N) is 2. The molecule has 1 atom stereocenters. The van der Waals surface area contributed by atoms with Crippen molar-refractivity contribution in [1.82, 2.24) is 20.1 Å². The summed E-state index contributed by atoms with van der Waals surface area (Å²) < 4.78 is 6.93. The fourth-order valence-electron chi connectivity index (χ4n) is 3.74. The van der Waals surface area contributed by atoms with Crippen molar-refractivity contribution in [1.29, 1.82) is 0 Å². The highest BCUT2D eigenvalue weighted by molar-refractivity contribution is 7.99. The van der Waals surface area contributed by atoms with Crippen molar-refractivity contribution >= 4 is 35.2 Å². The average molecular weight is 524 g/mol. The third kappa shape index (κ3) is 7.42. The van der Waals surface area contributed by atoms with E-state index in [0.717, 1.165) is 5.56 Å². The van der Waals surface area contributed by atoms with Crippen LogP contribution in [0, 0.1) is 12.8 Å². The van der Waals surface area contributed by atoms with Crippen LogP contribution in [0.4, 0.5) is 5.69 Å². The highest BCUT2D eigenvalue weighted by Gasteiger charge is 2.26. The second-order valence-corrected chi connectivity index (χ2v) is 9.73. The predicted octanol–water partition coefficient (Wildman–Crippen LogP) is 4.64. The highest BCUT2D eigenvalue weighted by Crippen LogP contribution is 2.26. The molecule has 0 fully saturated rings. The van der Waals surface area contributed by atoms with Crippen LogP contribution in [0.5, 0.6) is 0 Å². The first-order valence-corrected chi connectivity index (χ1v) is 13.2. The summed E-state index contributed by atoms with van der Waals surface area (Å²) in [5.74, 6) is -0.0486. The quantitative estimate of drug-likeness (QED) is 0.278. The lowest BCUT2D eigenvalue weighted by molar-refractivity contribution is -0.113. The third-order valence-corrected chi connectivity index (χ3v) is 6.53. The highest BCUT2D eigenvalue weighted by atomic mass is 32.2. The number of aryl methyl sites for hydroxylation is 1. The number of thioether (sulfide) groups is 1. The molecule has 0 saturated carbocycles. The number of carbonyl (C=O) groups excluding carboxylic acids is 3. The first-order chi connectivity index (χ1) is 17.7. The molecule has 1 aromatic heterocycles. The zero-order valence-corrected chi connectivity index (χ0v) is 22.6. The van der Waals surface area contributed by atoms with Gasteiger partial charge in [-0.15, -0.1) is 10.2 Å². The van der Waals surface area contributed by atoms with Gasteiger partial charge >= 0.3 is 5.97 Å².